The molecule has 0 aliphatic heterocycles. The Hall–Kier alpha value is -1.09. The highest BCUT2D eigenvalue weighted by Crippen LogP contribution is 2.08. The fraction of sp³-hybridized carbons (Fsp3) is 0.462. The molecule has 0 saturated heterocycles. The monoisotopic (exact) mass is 235 g/mol. The van der Waals surface area contributed by atoms with Gasteiger partial charge in [-0.2, -0.15) is 0 Å². The van der Waals surface area contributed by atoms with Gasteiger partial charge in [-0.1, -0.05) is 47.6 Å². The van der Waals surface area contributed by atoms with Crippen molar-refractivity contribution >= 4 is 20.4 Å². The highest BCUT2D eigenvalue weighted by molar-refractivity contribution is 6.56. The minimum absolute atomic E-state index is 0.113. The molecule has 0 aromatic heterocycles. The lowest BCUT2D eigenvalue weighted by Crippen LogP contribution is -2.38. The van der Waals surface area contributed by atoms with Crippen LogP contribution in [0.15, 0.2) is 35.5 Å². The summed E-state index contributed by atoms with van der Waals surface area (Å²) >= 11 is 0. The first-order chi connectivity index (χ1) is 7.53. The first-order valence-corrected chi connectivity index (χ1v) is 7.20. The van der Waals surface area contributed by atoms with Crippen LogP contribution in [0, 0.1) is 0 Å². The van der Waals surface area contributed by atoms with E-state index in [1.807, 2.05) is 13.0 Å². The molecule has 0 unspecified atom stereocenters. The fourth-order valence-corrected chi connectivity index (χ4v) is 3.01. The fourth-order valence-electron chi connectivity index (χ4n) is 1.39. The first-order valence-electron chi connectivity index (χ1n) is 5.79. The van der Waals surface area contributed by atoms with Crippen LogP contribution in [0.25, 0.3) is 0 Å². The van der Waals surface area contributed by atoms with Crippen LogP contribution in [0.5, 0.6) is 0 Å². The van der Waals surface area contributed by atoms with E-state index in [1.54, 1.807) is 0 Å². The van der Waals surface area contributed by atoms with Gasteiger partial charge in [0.1, 0.15) is 14.7 Å². The van der Waals surface area contributed by atoms with Crippen molar-refractivity contribution in [2.45, 2.75) is 39.3 Å². The van der Waals surface area contributed by atoms with Crippen molar-refractivity contribution in [2.75, 3.05) is 0 Å². The van der Waals surface area contributed by atoms with Gasteiger partial charge >= 0.3 is 0 Å². The summed E-state index contributed by atoms with van der Waals surface area (Å²) in [5.41, 5.74) is 1.05. The number of benzene rings is 1. The quantitative estimate of drug-likeness (QED) is 0.435. The summed E-state index contributed by atoms with van der Waals surface area (Å²) in [6.45, 7) is 8.33. The minimum Gasteiger partial charge on any atom is -0.394 e. The summed E-state index contributed by atoms with van der Waals surface area (Å²) in [5.74, 6) is 0. The maximum Gasteiger partial charge on any atom is 0.117 e. The Morgan fingerprint density at radius 1 is 1.31 bits per heavy atom. The van der Waals surface area contributed by atoms with E-state index in [9.17, 15) is 0 Å². The highest BCUT2D eigenvalue weighted by atomic mass is 28.2. The SMILES string of the molecule is CC/C(C)=N/OC(C)(C)[SiH2]c1ccccc1. The van der Waals surface area contributed by atoms with Crippen molar-refractivity contribution in [3.05, 3.63) is 30.3 Å². The minimum atomic E-state index is -0.463. The summed E-state index contributed by atoms with van der Waals surface area (Å²) in [7, 11) is -0.463. The van der Waals surface area contributed by atoms with Gasteiger partial charge in [-0.05, 0) is 27.2 Å². The van der Waals surface area contributed by atoms with Crippen molar-refractivity contribution in [2.24, 2.45) is 5.16 Å². The largest absolute Gasteiger partial charge is 0.394 e. The maximum atomic E-state index is 5.64. The normalized spacial score (nSPS) is 13.4. The number of hydrogen-bond donors (Lipinski definition) is 0. The van der Waals surface area contributed by atoms with E-state index in [0.717, 1.165) is 12.1 Å². The van der Waals surface area contributed by atoms with E-state index in [4.69, 9.17) is 4.84 Å². The molecule has 16 heavy (non-hydrogen) atoms. The second-order valence-corrected chi connectivity index (χ2v) is 7.57. The average Bonchev–Trinajstić information content (AvgIpc) is 2.27. The van der Waals surface area contributed by atoms with E-state index in [1.165, 1.54) is 5.19 Å². The molecule has 1 rings (SSSR count). The van der Waals surface area contributed by atoms with Crippen LogP contribution < -0.4 is 5.19 Å². The molecule has 3 heteroatoms. The van der Waals surface area contributed by atoms with Gasteiger partial charge in [0.05, 0.1) is 5.71 Å². The lowest BCUT2D eigenvalue weighted by molar-refractivity contribution is 0.0489. The van der Waals surface area contributed by atoms with Gasteiger partial charge in [0.2, 0.25) is 0 Å². The molecule has 0 radical (unpaired) electrons. The van der Waals surface area contributed by atoms with E-state index >= 15 is 0 Å². The smallest absolute Gasteiger partial charge is 0.117 e. The predicted molar refractivity (Wildman–Crippen MR) is 73.2 cm³/mol. The van der Waals surface area contributed by atoms with Gasteiger partial charge in [-0.15, -0.1) is 0 Å². The van der Waals surface area contributed by atoms with Crippen molar-refractivity contribution in [1.82, 2.24) is 0 Å². The molecule has 0 atom stereocenters. The zero-order valence-electron chi connectivity index (χ0n) is 10.7. The Morgan fingerprint density at radius 3 is 2.50 bits per heavy atom. The maximum absolute atomic E-state index is 5.64. The molecule has 0 spiro atoms. The molecule has 0 heterocycles. The van der Waals surface area contributed by atoms with Gasteiger partial charge in [0.15, 0.2) is 0 Å². The lowest BCUT2D eigenvalue weighted by atomic mass is 10.3. The Balaban J connectivity index is 2.58. The van der Waals surface area contributed by atoms with Gasteiger partial charge in [0.25, 0.3) is 0 Å². The van der Waals surface area contributed by atoms with E-state index in [2.05, 4.69) is 50.2 Å². The number of hydrogen-bond acceptors (Lipinski definition) is 2. The average molecular weight is 235 g/mol. The van der Waals surface area contributed by atoms with Gasteiger partial charge in [-0.3, -0.25) is 0 Å². The molecule has 1 aromatic rings. The third-order valence-electron chi connectivity index (χ3n) is 2.43. The number of rotatable bonds is 5. The number of oxime groups is 1. The molecule has 1 aromatic carbocycles. The molecule has 0 saturated carbocycles. The predicted octanol–water partition coefficient (Wildman–Crippen LogP) is 2.02. The Morgan fingerprint density at radius 2 is 1.94 bits per heavy atom. The summed E-state index contributed by atoms with van der Waals surface area (Å²) < 4.78 is 0. The van der Waals surface area contributed by atoms with Crippen molar-refractivity contribution < 1.29 is 4.84 Å². The Kier molecular flexibility index (Phi) is 4.74. The van der Waals surface area contributed by atoms with Crippen LogP contribution in [-0.2, 0) is 4.84 Å². The third kappa shape index (κ3) is 4.62. The summed E-state index contributed by atoms with van der Waals surface area (Å²) in [4.78, 5) is 5.64. The summed E-state index contributed by atoms with van der Waals surface area (Å²) in [6.07, 6.45) is 0.947. The number of nitrogens with zero attached hydrogens (tertiary/aromatic N) is 1. The molecular formula is C13H21NOSi. The second-order valence-electron chi connectivity index (χ2n) is 4.69. The first kappa shape index (κ1) is 13.0. The molecule has 0 N–H and O–H groups in total. The Bertz CT molecular complexity index is 346. The molecule has 0 bridgehead atoms. The third-order valence-corrected chi connectivity index (χ3v) is 4.29. The summed E-state index contributed by atoms with van der Waals surface area (Å²) in [5, 5.41) is 5.46. The zero-order chi connectivity index (χ0) is 12.0. The van der Waals surface area contributed by atoms with E-state index in [0.29, 0.717) is 0 Å². The van der Waals surface area contributed by atoms with Crippen LogP contribution >= 0.6 is 0 Å². The van der Waals surface area contributed by atoms with Crippen LogP contribution in [0.1, 0.15) is 34.1 Å². The summed E-state index contributed by atoms with van der Waals surface area (Å²) in [6, 6.07) is 10.6. The molecule has 0 aliphatic rings. The molecule has 0 aliphatic carbocycles. The van der Waals surface area contributed by atoms with E-state index in [-0.39, 0.29) is 5.22 Å². The van der Waals surface area contributed by atoms with Crippen LogP contribution in [0.3, 0.4) is 0 Å². The van der Waals surface area contributed by atoms with Crippen molar-refractivity contribution in [3.8, 4) is 0 Å². The highest BCUT2D eigenvalue weighted by Gasteiger charge is 2.20. The van der Waals surface area contributed by atoms with Crippen molar-refractivity contribution in [3.63, 3.8) is 0 Å². The molecule has 88 valence electrons. The Labute approximate surface area is 101 Å². The van der Waals surface area contributed by atoms with Gasteiger partial charge in [0, 0.05) is 0 Å². The molecule has 0 amide bonds. The molecule has 2 nitrogen and oxygen atoms in total. The zero-order valence-corrected chi connectivity index (χ0v) is 12.1. The van der Waals surface area contributed by atoms with Crippen LogP contribution in [0.2, 0.25) is 0 Å². The van der Waals surface area contributed by atoms with E-state index < -0.39 is 9.52 Å². The lowest BCUT2D eigenvalue weighted by Gasteiger charge is -2.22. The molecule has 0 fully saturated rings. The van der Waals surface area contributed by atoms with Crippen LogP contribution in [-0.4, -0.2) is 20.5 Å². The van der Waals surface area contributed by atoms with Gasteiger partial charge in [-0.25, -0.2) is 0 Å². The topological polar surface area (TPSA) is 21.6 Å². The van der Waals surface area contributed by atoms with Crippen LogP contribution in [0.4, 0.5) is 0 Å². The standard InChI is InChI=1S/C13H21NOSi/c1-5-11(2)14-15-13(3,4)16-12-9-7-6-8-10-12/h6-10H,5,16H2,1-4H3/b14-11+. The molecular weight excluding hydrogens is 214 g/mol. The van der Waals surface area contributed by atoms with Crippen molar-refractivity contribution in [1.29, 1.82) is 0 Å². The second kappa shape index (κ2) is 5.85. The van der Waals surface area contributed by atoms with Gasteiger partial charge < -0.3 is 4.84 Å².